The van der Waals surface area contributed by atoms with Gasteiger partial charge in [0.2, 0.25) is 0 Å². The van der Waals surface area contributed by atoms with Gasteiger partial charge in [0.25, 0.3) is 5.78 Å². The summed E-state index contributed by atoms with van der Waals surface area (Å²) in [5.41, 5.74) is 1.36. The van der Waals surface area contributed by atoms with E-state index in [1.807, 2.05) is 13.0 Å². The van der Waals surface area contributed by atoms with Crippen LogP contribution in [0.1, 0.15) is 24.1 Å². The van der Waals surface area contributed by atoms with E-state index in [0.29, 0.717) is 29.0 Å². The van der Waals surface area contributed by atoms with Crippen molar-refractivity contribution < 1.29 is 4.39 Å². The molecule has 2 aromatic heterocycles. The Morgan fingerprint density at radius 3 is 2.96 bits per heavy atom. The Hall–Kier alpha value is -2.21. The van der Waals surface area contributed by atoms with Crippen LogP contribution in [0.5, 0.6) is 0 Å². The van der Waals surface area contributed by atoms with E-state index < -0.39 is 0 Å². The van der Waals surface area contributed by atoms with Crippen molar-refractivity contribution in [3.05, 3.63) is 52.7 Å². The average Bonchev–Trinajstić information content (AvgIpc) is 3.24. The van der Waals surface area contributed by atoms with Gasteiger partial charge in [-0.05, 0) is 31.9 Å². The molecule has 0 saturated heterocycles. The van der Waals surface area contributed by atoms with Crippen molar-refractivity contribution in [3.8, 4) is 0 Å². The van der Waals surface area contributed by atoms with Gasteiger partial charge in [0.15, 0.2) is 0 Å². The molecule has 5 nitrogen and oxygen atoms in total. The van der Waals surface area contributed by atoms with E-state index in [9.17, 15) is 4.39 Å². The molecule has 0 aliphatic heterocycles. The third-order valence-electron chi connectivity index (χ3n) is 4.03. The summed E-state index contributed by atoms with van der Waals surface area (Å²) >= 11 is 6.20. The molecule has 1 aliphatic carbocycles. The second-order valence-corrected chi connectivity index (χ2v) is 6.19. The van der Waals surface area contributed by atoms with Gasteiger partial charge >= 0.3 is 0 Å². The van der Waals surface area contributed by atoms with Crippen molar-refractivity contribution in [3.63, 3.8) is 0 Å². The van der Waals surface area contributed by atoms with Gasteiger partial charge in [0.05, 0.1) is 0 Å². The fourth-order valence-corrected chi connectivity index (χ4v) is 2.98. The SMILES string of the molecule is Cc1cc(N(Cc2c(F)cccc2Cl)C2CC2)n2ncnc2n1. The summed E-state index contributed by atoms with van der Waals surface area (Å²) in [6.45, 7) is 2.31. The molecule has 0 bridgehead atoms. The van der Waals surface area contributed by atoms with Crippen LogP contribution in [-0.2, 0) is 6.54 Å². The third kappa shape index (κ3) is 2.63. The van der Waals surface area contributed by atoms with Gasteiger partial charge in [-0.25, -0.2) is 9.37 Å². The molecule has 4 rings (SSSR count). The molecule has 0 amide bonds. The maximum absolute atomic E-state index is 14.2. The maximum Gasteiger partial charge on any atom is 0.254 e. The first-order valence-electron chi connectivity index (χ1n) is 7.50. The molecular weight excluding hydrogens is 317 g/mol. The summed E-state index contributed by atoms with van der Waals surface area (Å²) in [5.74, 6) is 1.13. The average molecular weight is 332 g/mol. The monoisotopic (exact) mass is 331 g/mol. The van der Waals surface area contributed by atoms with Gasteiger partial charge in [-0.2, -0.15) is 14.6 Å². The van der Waals surface area contributed by atoms with E-state index in [1.54, 1.807) is 16.6 Å². The van der Waals surface area contributed by atoms with Gasteiger partial charge < -0.3 is 4.90 Å². The van der Waals surface area contributed by atoms with Crippen molar-refractivity contribution >= 4 is 23.2 Å². The second-order valence-electron chi connectivity index (χ2n) is 5.79. The molecule has 7 heteroatoms. The van der Waals surface area contributed by atoms with Gasteiger partial charge in [0.1, 0.15) is 18.0 Å². The summed E-state index contributed by atoms with van der Waals surface area (Å²) < 4.78 is 15.9. The van der Waals surface area contributed by atoms with E-state index in [2.05, 4.69) is 20.0 Å². The summed E-state index contributed by atoms with van der Waals surface area (Å²) in [6.07, 6.45) is 3.62. The Labute approximate surface area is 137 Å². The largest absolute Gasteiger partial charge is 0.349 e. The Kier molecular flexibility index (Phi) is 3.41. The number of rotatable bonds is 4. The smallest absolute Gasteiger partial charge is 0.254 e. The summed E-state index contributed by atoms with van der Waals surface area (Å²) in [4.78, 5) is 10.7. The molecule has 2 heterocycles. The summed E-state index contributed by atoms with van der Waals surface area (Å²) in [5, 5.41) is 4.69. The van der Waals surface area contributed by atoms with Crippen LogP contribution in [0.25, 0.3) is 5.78 Å². The molecule has 1 aliphatic rings. The number of aryl methyl sites for hydroxylation is 1. The number of benzene rings is 1. The van der Waals surface area contributed by atoms with Crippen LogP contribution in [0.4, 0.5) is 10.2 Å². The van der Waals surface area contributed by atoms with Crippen molar-refractivity contribution in [1.29, 1.82) is 0 Å². The van der Waals surface area contributed by atoms with E-state index in [0.717, 1.165) is 24.4 Å². The van der Waals surface area contributed by atoms with Crippen LogP contribution in [0.2, 0.25) is 5.02 Å². The van der Waals surface area contributed by atoms with E-state index >= 15 is 0 Å². The van der Waals surface area contributed by atoms with Crippen molar-refractivity contribution in [2.24, 2.45) is 0 Å². The molecule has 1 saturated carbocycles. The number of hydrogen-bond acceptors (Lipinski definition) is 4. The van der Waals surface area contributed by atoms with Crippen LogP contribution < -0.4 is 4.90 Å². The minimum absolute atomic E-state index is 0.288. The molecule has 0 spiro atoms. The molecule has 23 heavy (non-hydrogen) atoms. The van der Waals surface area contributed by atoms with Crippen molar-refractivity contribution in [2.45, 2.75) is 32.4 Å². The number of halogens is 2. The fraction of sp³-hybridized carbons (Fsp3) is 0.312. The molecule has 1 aromatic carbocycles. The molecule has 0 N–H and O–H groups in total. The van der Waals surface area contributed by atoms with E-state index in [-0.39, 0.29) is 5.82 Å². The number of anilines is 1. The predicted octanol–water partition coefficient (Wildman–Crippen LogP) is 3.39. The zero-order valence-electron chi connectivity index (χ0n) is 12.6. The maximum atomic E-state index is 14.2. The lowest BCUT2D eigenvalue weighted by Gasteiger charge is -2.25. The van der Waals surface area contributed by atoms with Gasteiger partial charge in [0, 0.05) is 34.9 Å². The second kappa shape index (κ2) is 5.45. The summed E-state index contributed by atoms with van der Waals surface area (Å²) in [6, 6.07) is 7.09. The van der Waals surface area contributed by atoms with Crippen LogP contribution in [0.3, 0.4) is 0 Å². The Bertz CT molecular complexity index is 854. The van der Waals surface area contributed by atoms with Crippen molar-refractivity contribution in [1.82, 2.24) is 19.6 Å². The van der Waals surface area contributed by atoms with Crippen molar-refractivity contribution in [2.75, 3.05) is 4.90 Å². The highest BCUT2D eigenvalue weighted by Crippen LogP contribution is 2.34. The number of hydrogen-bond donors (Lipinski definition) is 0. The highest BCUT2D eigenvalue weighted by molar-refractivity contribution is 6.31. The zero-order chi connectivity index (χ0) is 16.0. The minimum atomic E-state index is -0.288. The molecule has 118 valence electrons. The van der Waals surface area contributed by atoms with Gasteiger partial charge in [-0.15, -0.1) is 0 Å². The number of nitrogens with zero attached hydrogens (tertiary/aromatic N) is 5. The lowest BCUT2D eigenvalue weighted by molar-refractivity contribution is 0.601. The zero-order valence-corrected chi connectivity index (χ0v) is 13.3. The molecule has 3 aromatic rings. The normalized spacial score (nSPS) is 14.4. The highest BCUT2D eigenvalue weighted by Gasteiger charge is 2.32. The lowest BCUT2D eigenvalue weighted by Crippen LogP contribution is -2.28. The van der Waals surface area contributed by atoms with Crippen LogP contribution in [0, 0.1) is 12.7 Å². The standard InChI is InChI=1S/C16H15ClFN5/c1-10-7-15(23-16(21-10)19-9-20-23)22(11-5-6-11)8-12-13(17)3-2-4-14(12)18/h2-4,7,9,11H,5-6,8H2,1H3. The first-order valence-corrected chi connectivity index (χ1v) is 7.88. The quantitative estimate of drug-likeness (QED) is 0.735. The lowest BCUT2D eigenvalue weighted by atomic mass is 10.2. The van der Waals surface area contributed by atoms with E-state index in [1.165, 1.54) is 12.4 Å². The minimum Gasteiger partial charge on any atom is -0.349 e. The number of aromatic nitrogens is 4. The highest BCUT2D eigenvalue weighted by atomic mass is 35.5. The molecule has 0 radical (unpaired) electrons. The third-order valence-corrected chi connectivity index (χ3v) is 4.39. The first kappa shape index (κ1) is 14.4. The topological polar surface area (TPSA) is 46.3 Å². The molecule has 1 fully saturated rings. The fourth-order valence-electron chi connectivity index (χ4n) is 2.75. The van der Waals surface area contributed by atoms with Crippen LogP contribution >= 0.6 is 11.6 Å². The Morgan fingerprint density at radius 2 is 2.22 bits per heavy atom. The summed E-state index contributed by atoms with van der Waals surface area (Å²) in [7, 11) is 0. The molecule has 0 unspecified atom stereocenters. The predicted molar refractivity (Wildman–Crippen MR) is 86.1 cm³/mol. The first-order chi connectivity index (χ1) is 11.1. The van der Waals surface area contributed by atoms with Crippen LogP contribution in [-0.4, -0.2) is 25.6 Å². The van der Waals surface area contributed by atoms with E-state index in [4.69, 9.17) is 11.6 Å². The number of fused-ring (bicyclic) bond motifs is 1. The molecular formula is C16H15ClFN5. The Balaban J connectivity index is 1.80. The molecule has 0 atom stereocenters. The van der Waals surface area contributed by atoms with Gasteiger partial charge in [-0.1, -0.05) is 17.7 Å². The van der Waals surface area contributed by atoms with Gasteiger partial charge in [-0.3, -0.25) is 0 Å². The Morgan fingerprint density at radius 1 is 1.39 bits per heavy atom. The van der Waals surface area contributed by atoms with Crippen LogP contribution in [0.15, 0.2) is 30.6 Å².